The Balaban J connectivity index is 1.44. The van der Waals surface area contributed by atoms with Crippen molar-refractivity contribution < 1.29 is 9.47 Å². The molecule has 0 saturated heterocycles. The molecule has 6 nitrogen and oxygen atoms in total. The zero-order valence-electron chi connectivity index (χ0n) is 12.2. The van der Waals surface area contributed by atoms with E-state index in [1.54, 1.807) is 16.4 Å². The summed E-state index contributed by atoms with van der Waals surface area (Å²) in [4.78, 5) is 0. The van der Waals surface area contributed by atoms with Gasteiger partial charge in [0, 0.05) is 5.75 Å². The summed E-state index contributed by atoms with van der Waals surface area (Å²) >= 11 is 1.55. The third kappa shape index (κ3) is 3.00. The summed E-state index contributed by atoms with van der Waals surface area (Å²) < 4.78 is 13.4. The van der Waals surface area contributed by atoms with Crippen LogP contribution >= 0.6 is 11.8 Å². The molecule has 0 N–H and O–H groups in total. The first-order chi connectivity index (χ1) is 11.4. The highest BCUT2D eigenvalue weighted by Crippen LogP contribution is 2.32. The predicted molar refractivity (Wildman–Crippen MR) is 86.2 cm³/mol. The van der Waals surface area contributed by atoms with Crippen LogP contribution in [0.1, 0.15) is 0 Å². The number of rotatable bonds is 4. The maximum Gasteiger partial charge on any atom is 0.214 e. The molecule has 3 aromatic rings. The fraction of sp³-hybridized carbons (Fsp3) is 0.188. The van der Waals surface area contributed by atoms with Crippen molar-refractivity contribution in [1.29, 1.82) is 0 Å². The van der Waals surface area contributed by atoms with Crippen molar-refractivity contribution in [2.45, 2.75) is 11.3 Å². The molecule has 1 aromatic heterocycles. The quantitative estimate of drug-likeness (QED) is 0.687. The van der Waals surface area contributed by atoms with Crippen LogP contribution in [0.25, 0.3) is 5.69 Å². The molecule has 1 aliphatic rings. The molecule has 0 unspecified atom stereocenters. The van der Waals surface area contributed by atoms with E-state index in [0.717, 1.165) is 22.3 Å². The lowest BCUT2D eigenvalue weighted by atomic mass is 10.3. The number of para-hydroxylation sites is 3. The van der Waals surface area contributed by atoms with Crippen molar-refractivity contribution >= 4 is 11.8 Å². The number of fused-ring (bicyclic) bond motifs is 1. The van der Waals surface area contributed by atoms with E-state index in [2.05, 4.69) is 15.5 Å². The molecule has 116 valence electrons. The number of aromatic nitrogens is 4. The molecule has 0 radical (unpaired) electrons. The number of hydrogen-bond acceptors (Lipinski definition) is 6. The van der Waals surface area contributed by atoms with Gasteiger partial charge in [-0.05, 0) is 34.7 Å². The smallest absolute Gasteiger partial charge is 0.214 e. The molecule has 0 bridgehead atoms. The molecule has 0 aliphatic carbocycles. The summed E-state index contributed by atoms with van der Waals surface area (Å²) in [5, 5.41) is 12.6. The molecule has 0 fully saturated rings. The summed E-state index contributed by atoms with van der Waals surface area (Å²) in [6, 6.07) is 17.5. The Morgan fingerprint density at radius 2 is 1.83 bits per heavy atom. The summed E-state index contributed by atoms with van der Waals surface area (Å²) in [6.07, 6.45) is -0.0316. The Kier molecular flexibility index (Phi) is 3.85. The average Bonchev–Trinajstić information content (AvgIpc) is 3.09. The van der Waals surface area contributed by atoms with Crippen molar-refractivity contribution in [3.8, 4) is 17.2 Å². The molecular formula is C16H14N4O2S. The maximum absolute atomic E-state index is 5.95. The van der Waals surface area contributed by atoms with Crippen molar-refractivity contribution in [3.05, 3.63) is 54.6 Å². The van der Waals surface area contributed by atoms with Gasteiger partial charge in [0.1, 0.15) is 12.7 Å². The number of thioether (sulfide) groups is 1. The Morgan fingerprint density at radius 1 is 1.04 bits per heavy atom. The van der Waals surface area contributed by atoms with Crippen LogP contribution in [-0.2, 0) is 0 Å². The van der Waals surface area contributed by atoms with Gasteiger partial charge in [-0.3, -0.25) is 0 Å². The number of benzene rings is 2. The maximum atomic E-state index is 5.95. The number of hydrogen-bond donors (Lipinski definition) is 0. The number of ether oxygens (including phenoxy) is 2. The first-order valence-electron chi connectivity index (χ1n) is 7.25. The monoisotopic (exact) mass is 326 g/mol. The lowest BCUT2D eigenvalue weighted by molar-refractivity contribution is 0.107. The van der Waals surface area contributed by atoms with E-state index in [4.69, 9.17) is 9.47 Å². The zero-order chi connectivity index (χ0) is 15.5. The standard InChI is InChI=1S/C16H14N4O2S/c1-2-6-12(7-3-1)20-16(17-18-19-20)23-11-13-10-21-14-8-4-5-9-15(14)22-13/h1-9,13H,10-11H2/t13-/m1/s1. The minimum Gasteiger partial charge on any atom is -0.486 e. The first-order valence-corrected chi connectivity index (χ1v) is 8.24. The van der Waals surface area contributed by atoms with Gasteiger partial charge in [0.25, 0.3) is 0 Å². The largest absolute Gasteiger partial charge is 0.486 e. The van der Waals surface area contributed by atoms with Crippen molar-refractivity contribution in [2.24, 2.45) is 0 Å². The fourth-order valence-corrected chi connectivity index (χ4v) is 3.17. The first kappa shape index (κ1) is 14.1. The third-order valence-electron chi connectivity index (χ3n) is 3.41. The highest BCUT2D eigenvalue weighted by Gasteiger charge is 2.22. The lowest BCUT2D eigenvalue weighted by Gasteiger charge is -2.25. The minimum atomic E-state index is -0.0316. The molecule has 0 amide bonds. The van der Waals surface area contributed by atoms with Crippen molar-refractivity contribution in [2.75, 3.05) is 12.4 Å². The van der Waals surface area contributed by atoms with Gasteiger partial charge in [0.05, 0.1) is 5.69 Å². The second kappa shape index (κ2) is 6.29. The fourth-order valence-electron chi connectivity index (χ4n) is 2.31. The molecular weight excluding hydrogens is 312 g/mol. The molecule has 0 saturated carbocycles. The van der Waals surface area contributed by atoms with Crippen LogP contribution in [0.2, 0.25) is 0 Å². The molecule has 7 heteroatoms. The average molecular weight is 326 g/mol. The summed E-state index contributed by atoms with van der Waals surface area (Å²) in [7, 11) is 0. The number of nitrogens with zero attached hydrogens (tertiary/aromatic N) is 4. The van der Waals surface area contributed by atoms with Gasteiger partial charge in [0.15, 0.2) is 11.5 Å². The minimum absolute atomic E-state index is 0.0316. The van der Waals surface area contributed by atoms with Gasteiger partial charge in [-0.25, -0.2) is 0 Å². The number of tetrazole rings is 1. The Bertz CT molecular complexity index is 794. The molecule has 2 heterocycles. The lowest BCUT2D eigenvalue weighted by Crippen LogP contribution is -2.31. The molecule has 1 atom stereocenters. The van der Waals surface area contributed by atoms with Crippen LogP contribution in [0.4, 0.5) is 0 Å². The van der Waals surface area contributed by atoms with Gasteiger partial charge < -0.3 is 9.47 Å². The van der Waals surface area contributed by atoms with Gasteiger partial charge >= 0.3 is 0 Å². The second-order valence-electron chi connectivity index (χ2n) is 5.02. The molecule has 23 heavy (non-hydrogen) atoms. The van der Waals surface area contributed by atoms with E-state index in [1.807, 2.05) is 54.6 Å². The topological polar surface area (TPSA) is 62.1 Å². The van der Waals surface area contributed by atoms with Crippen LogP contribution in [0.15, 0.2) is 59.8 Å². The summed E-state index contributed by atoms with van der Waals surface area (Å²) in [5.74, 6) is 2.29. The van der Waals surface area contributed by atoms with E-state index >= 15 is 0 Å². The third-order valence-corrected chi connectivity index (χ3v) is 4.46. The highest BCUT2D eigenvalue weighted by atomic mass is 32.2. The second-order valence-corrected chi connectivity index (χ2v) is 6.00. The van der Waals surface area contributed by atoms with Gasteiger partial charge in [0.2, 0.25) is 5.16 Å². The normalized spacial score (nSPS) is 16.3. The van der Waals surface area contributed by atoms with Crippen LogP contribution in [0.5, 0.6) is 11.5 Å². The summed E-state index contributed by atoms with van der Waals surface area (Å²) in [5.41, 5.74) is 0.936. The Labute approximate surface area is 137 Å². The van der Waals surface area contributed by atoms with E-state index in [0.29, 0.717) is 12.4 Å². The Hall–Kier alpha value is -2.54. The molecule has 1 aliphatic heterocycles. The van der Waals surface area contributed by atoms with Crippen LogP contribution in [0.3, 0.4) is 0 Å². The predicted octanol–water partition coefficient (Wildman–Crippen LogP) is 2.59. The van der Waals surface area contributed by atoms with E-state index in [1.165, 1.54) is 0 Å². The zero-order valence-corrected chi connectivity index (χ0v) is 13.0. The van der Waals surface area contributed by atoms with Crippen LogP contribution in [0, 0.1) is 0 Å². The molecule has 0 spiro atoms. The van der Waals surface area contributed by atoms with Gasteiger partial charge in [-0.2, -0.15) is 4.68 Å². The summed E-state index contributed by atoms with van der Waals surface area (Å²) in [6.45, 7) is 0.525. The molecule has 2 aromatic carbocycles. The van der Waals surface area contributed by atoms with E-state index in [-0.39, 0.29) is 6.10 Å². The van der Waals surface area contributed by atoms with Crippen LogP contribution in [-0.4, -0.2) is 38.7 Å². The van der Waals surface area contributed by atoms with Crippen molar-refractivity contribution in [1.82, 2.24) is 20.2 Å². The SMILES string of the molecule is c1ccc(-n2nnnc2SC[C@H]2COc3ccccc3O2)cc1. The molecule has 4 rings (SSSR count). The van der Waals surface area contributed by atoms with Gasteiger partial charge in [-0.15, -0.1) is 5.10 Å². The van der Waals surface area contributed by atoms with E-state index < -0.39 is 0 Å². The van der Waals surface area contributed by atoms with Crippen LogP contribution < -0.4 is 9.47 Å². The highest BCUT2D eigenvalue weighted by molar-refractivity contribution is 7.99. The van der Waals surface area contributed by atoms with Gasteiger partial charge in [-0.1, -0.05) is 42.1 Å². The van der Waals surface area contributed by atoms with Crippen molar-refractivity contribution in [3.63, 3.8) is 0 Å². The van der Waals surface area contributed by atoms with E-state index in [9.17, 15) is 0 Å². The Morgan fingerprint density at radius 3 is 2.70 bits per heavy atom.